The van der Waals surface area contributed by atoms with Crippen molar-refractivity contribution in [1.29, 1.82) is 0 Å². The van der Waals surface area contributed by atoms with Crippen molar-refractivity contribution in [3.05, 3.63) is 57.7 Å². The summed E-state index contributed by atoms with van der Waals surface area (Å²) in [7, 11) is 1.27. The fourth-order valence-corrected chi connectivity index (χ4v) is 2.83. The van der Waals surface area contributed by atoms with E-state index in [0.717, 1.165) is 12.3 Å². The molecule has 0 aromatic carbocycles. The van der Waals surface area contributed by atoms with Gasteiger partial charge in [0.15, 0.2) is 5.76 Å². The smallest absolute Gasteiger partial charge is 0.433 e. The lowest BCUT2D eigenvalue weighted by molar-refractivity contribution is -0.141. The molecule has 5 nitrogen and oxygen atoms in total. The molecular weight excluding hydrogens is 405 g/mol. The van der Waals surface area contributed by atoms with Gasteiger partial charge in [0.05, 0.1) is 18.4 Å². The van der Waals surface area contributed by atoms with Crippen molar-refractivity contribution in [1.82, 2.24) is 9.97 Å². The number of ether oxygens (including phenoxy) is 1. The SMILES string of the molecule is COC1=C(Br)C(=O)c2nc(-c3ccc(C(F)(F)F)nc3)ccc2C1=O. The molecule has 0 N–H and O–H groups in total. The van der Waals surface area contributed by atoms with E-state index in [9.17, 15) is 22.8 Å². The third-order valence-corrected chi connectivity index (χ3v) is 4.23. The fraction of sp³-hybridized carbons (Fsp3) is 0.125. The van der Waals surface area contributed by atoms with Crippen LogP contribution in [0.15, 0.2) is 40.7 Å². The minimum atomic E-state index is -4.55. The number of nitrogens with zero attached hydrogens (tertiary/aromatic N) is 2. The number of fused-ring (bicyclic) bond motifs is 1. The van der Waals surface area contributed by atoms with E-state index in [2.05, 4.69) is 25.9 Å². The van der Waals surface area contributed by atoms with Crippen LogP contribution in [0.25, 0.3) is 11.3 Å². The van der Waals surface area contributed by atoms with Gasteiger partial charge in [-0.25, -0.2) is 4.98 Å². The summed E-state index contributed by atoms with van der Waals surface area (Å²) in [6, 6.07) is 4.84. The number of alkyl halides is 3. The van der Waals surface area contributed by atoms with Crippen molar-refractivity contribution in [3.63, 3.8) is 0 Å². The number of hydrogen-bond donors (Lipinski definition) is 0. The molecule has 2 heterocycles. The summed E-state index contributed by atoms with van der Waals surface area (Å²) >= 11 is 3.01. The quantitative estimate of drug-likeness (QED) is 0.750. The summed E-state index contributed by atoms with van der Waals surface area (Å²) in [6.45, 7) is 0. The Morgan fingerprint density at radius 2 is 1.80 bits per heavy atom. The molecule has 0 radical (unpaired) electrons. The molecule has 128 valence electrons. The number of allylic oxidation sites excluding steroid dienone is 2. The number of Topliss-reactive ketones (excluding diaryl/α,β-unsaturated/α-hetero) is 2. The van der Waals surface area contributed by atoms with Crippen molar-refractivity contribution < 1.29 is 27.5 Å². The molecule has 0 bridgehead atoms. The second kappa shape index (κ2) is 6.07. The van der Waals surface area contributed by atoms with Crippen LogP contribution in [-0.4, -0.2) is 28.6 Å². The third kappa shape index (κ3) is 2.95. The molecular formula is C16H8BrF3N2O3. The number of hydrogen-bond acceptors (Lipinski definition) is 5. The maximum Gasteiger partial charge on any atom is 0.433 e. The van der Waals surface area contributed by atoms with E-state index in [1.165, 1.54) is 25.3 Å². The molecule has 1 aliphatic carbocycles. The lowest BCUT2D eigenvalue weighted by Crippen LogP contribution is -2.22. The van der Waals surface area contributed by atoms with E-state index < -0.39 is 23.4 Å². The van der Waals surface area contributed by atoms with E-state index in [0.29, 0.717) is 0 Å². The van der Waals surface area contributed by atoms with Crippen LogP contribution in [-0.2, 0) is 10.9 Å². The van der Waals surface area contributed by atoms with Crippen molar-refractivity contribution in [3.8, 4) is 11.3 Å². The highest BCUT2D eigenvalue weighted by atomic mass is 79.9. The Morgan fingerprint density at radius 3 is 2.36 bits per heavy atom. The van der Waals surface area contributed by atoms with Crippen molar-refractivity contribution in [2.24, 2.45) is 0 Å². The monoisotopic (exact) mass is 412 g/mol. The Kier molecular flexibility index (Phi) is 4.19. The number of aromatic nitrogens is 2. The Hall–Kier alpha value is -2.55. The highest BCUT2D eigenvalue weighted by molar-refractivity contribution is 9.12. The topological polar surface area (TPSA) is 69.2 Å². The standard InChI is InChI=1S/C16H8BrF3N2O3/c1-25-15-11(17)14(24)12-8(13(15)23)3-4-9(22-12)7-2-5-10(21-6-7)16(18,19)20/h2-6H,1H3. The van der Waals surface area contributed by atoms with E-state index >= 15 is 0 Å². The van der Waals surface area contributed by atoms with Gasteiger partial charge in [0.25, 0.3) is 0 Å². The predicted octanol–water partition coefficient (Wildman–Crippen LogP) is 3.79. The van der Waals surface area contributed by atoms with Gasteiger partial charge in [-0.3, -0.25) is 14.6 Å². The van der Waals surface area contributed by atoms with E-state index in [1.54, 1.807) is 0 Å². The van der Waals surface area contributed by atoms with Gasteiger partial charge in [-0.05, 0) is 40.2 Å². The number of ketones is 2. The Bertz CT molecular complexity index is 921. The molecule has 1 aliphatic rings. The first-order chi connectivity index (χ1) is 11.7. The van der Waals surface area contributed by atoms with Crippen molar-refractivity contribution in [2.75, 3.05) is 7.11 Å². The zero-order valence-electron chi connectivity index (χ0n) is 12.5. The molecule has 3 rings (SSSR count). The molecule has 25 heavy (non-hydrogen) atoms. The number of rotatable bonds is 2. The predicted molar refractivity (Wildman–Crippen MR) is 84.1 cm³/mol. The molecule has 0 amide bonds. The van der Waals surface area contributed by atoms with E-state index in [-0.39, 0.29) is 32.8 Å². The van der Waals surface area contributed by atoms with Gasteiger partial charge in [-0.15, -0.1) is 0 Å². The summed E-state index contributed by atoms with van der Waals surface area (Å²) in [5.41, 5.74) is -0.560. The number of pyridine rings is 2. The number of halogens is 4. The maximum absolute atomic E-state index is 12.6. The van der Waals surface area contributed by atoms with Gasteiger partial charge in [-0.2, -0.15) is 13.2 Å². The first kappa shape index (κ1) is 17.3. The van der Waals surface area contributed by atoms with E-state index in [1.807, 2.05) is 0 Å². The average Bonchev–Trinajstić information content (AvgIpc) is 2.59. The highest BCUT2D eigenvalue weighted by Crippen LogP contribution is 2.32. The molecule has 0 atom stereocenters. The Balaban J connectivity index is 2.04. The van der Waals surface area contributed by atoms with Crippen LogP contribution in [0.2, 0.25) is 0 Å². The fourth-order valence-electron chi connectivity index (χ4n) is 2.30. The minimum absolute atomic E-state index is 0.0531. The van der Waals surface area contributed by atoms with Gasteiger partial charge in [0.1, 0.15) is 15.9 Å². The first-order valence-corrected chi connectivity index (χ1v) is 7.61. The summed E-state index contributed by atoms with van der Waals surface area (Å²) in [5, 5.41) is 0. The lowest BCUT2D eigenvalue weighted by atomic mass is 9.97. The summed E-state index contributed by atoms with van der Waals surface area (Å²) < 4.78 is 42.6. The summed E-state index contributed by atoms with van der Waals surface area (Å²) in [4.78, 5) is 32.1. The summed E-state index contributed by atoms with van der Waals surface area (Å²) in [6.07, 6.45) is -3.53. The zero-order valence-corrected chi connectivity index (χ0v) is 14.1. The molecule has 0 unspecified atom stereocenters. The van der Waals surface area contributed by atoms with Gasteiger partial charge >= 0.3 is 6.18 Å². The summed E-state index contributed by atoms with van der Waals surface area (Å²) in [5.74, 6) is -1.18. The number of carbonyl (C=O) groups is 2. The highest BCUT2D eigenvalue weighted by Gasteiger charge is 2.34. The van der Waals surface area contributed by atoms with Gasteiger partial charge in [0, 0.05) is 11.8 Å². The van der Waals surface area contributed by atoms with Gasteiger partial charge in [0.2, 0.25) is 11.6 Å². The minimum Gasteiger partial charge on any atom is -0.491 e. The molecule has 0 spiro atoms. The number of carbonyl (C=O) groups excluding carboxylic acids is 2. The lowest BCUT2D eigenvalue weighted by Gasteiger charge is -2.16. The van der Waals surface area contributed by atoms with Crippen LogP contribution in [0.4, 0.5) is 13.2 Å². The van der Waals surface area contributed by atoms with Crippen LogP contribution in [0, 0.1) is 0 Å². The van der Waals surface area contributed by atoms with Gasteiger partial charge in [-0.1, -0.05) is 0 Å². The number of methoxy groups -OCH3 is 1. The zero-order chi connectivity index (χ0) is 18.4. The van der Waals surface area contributed by atoms with E-state index in [4.69, 9.17) is 4.74 Å². The molecule has 2 aromatic heterocycles. The van der Waals surface area contributed by atoms with Crippen LogP contribution in [0.1, 0.15) is 26.5 Å². The molecule has 0 aliphatic heterocycles. The molecule has 0 saturated carbocycles. The largest absolute Gasteiger partial charge is 0.491 e. The maximum atomic E-state index is 12.6. The van der Waals surface area contributed by atoms with Crippen LogP contribution < -0.4 is 0 Å². The second-order valence-corrected chi connectivity index (χ2v) is 5.82. The van der Waals surface area contributed by atoms with Crippen molar-refractivity contribution in [2.45, 2.75) is 6.18 Å². The second-order valence-electron chi connectivity index (χ2n) is 5.03. The molecule has 2 aromatic rings. The Labute approximate surface area is 147 Å². The molecule has 0 fully saturated rings. The van der Waals surface area contributed by atoms with Gasteiger partial charge < -0.3 is 4.74 Å². The third-order valence-electron chi connectivity index (χ3n) is 3.51. The average molecular weight is 413 g/mol. The first-order valence-electron chi connectivity index (χ1n) is 6.82. The van der Waals surface area contributed by atoms with Crippen LogP contribution in [0.3, 0.4) is 0 Å². The van der Waals surface area contributed by atoms with Crippen molar-refractivity contribution >= 4 is 27.5 Å². The van der Waals surface area contributed by atoms with Crippen LogP contribution >= 0.6 is 15.9 Å². The molecule has 0 saturated heterocycles. The normalized spacial score (nSPS) is 14.6. The molecule has 9 heteroatoms. The van der Waals surface area contributed by atoms with Crippen LogP contribution in [0.5, 0.6) is 0 Å². The Morgan fingerprint density at radius 1 is 1.08 bits per heavy atom.